The second kappa shape index (κ2) is 10.1. The van der Waals surface area contributed by atoms with Crippen LogP contribution >= 0.6 is 0 Å². The fourth-order valence-electron chi connectivity index (χ4n) is 4.90. The third kappa shape index (κ3) is 5.06. The second-order valence-corrected chi connectivity index (χ2v) is 8.78. The Morgan fingerprint density at radius 3 is 2.75 bits per heavy atom. The number of fused-ring (bicyclic) bond motifs is 1. The van der Waals surface area contributed by atoms with E-state index in [0.29, 0.717) is 32.4 Å². The van der Waals surface area contributed by atoms with Crippen LogP contribution in [0.2, 0.25) is 0 Å². The number of hydrogen-bond donors (Lipinski definition) is 2. The number of hydrogen-bond acceptors (Lipinski definition) is 4. The number of methoxy groups -OCH3 is 1. The van der Waals surface area contributed by atoms with Crippen molar-refractivity contribution in [2.75, 3.05) is 25.6 Å². The first-order valence-corrected chi connectivity index (χ1v) is 11.6. The van der Waals surface area contributed by atoms with E-state index in [-0.39, 0.29) is 17.2 Å². The second-order valence-electron chi connectivity index (χ2n) is 8.78. The number of carbonyl (C=O) groups is 2. The smallest absolute Gasteiger partial charge is 0.224 e. The van der Waals surface area contributed by atoms with Crippen molar-refractivity contribution in [3.8, 4) is 11.5 Å². The topological polar surface area (TPSA) is 76.7 Å². The SMILES string of the molecule is COc1ccccc1C1(CNC(=O)CCCOc2ccc3c(c2)CCC(=O)N3)CCCC1. The zero-order chi connectivity index (χ0) is 22.4. The monoisotopic (exact) mass is 436 g/mol. The number of aryl methyl sites for hydroxylation is 1. The van der Waals surface area contributed by atoms with E-state index in [2.05, 4.69) is 16.7 Å². The Hall–Kier alpha value is -3.02. The van der Waals surface area contributed by atoms with Gasteiger partial charge in [0.05, 0.1) is 13.7 Å². The summed E-state index contributed by atoms with van der Waals surface area (Å²) in [6.45, 7) is 1.12. The highest BCUT2D eigenvalue weighted by Crippen LogP contribution is 2.44. The van der Waals surface area contributed by atoms with Crippen molar-refractivity contribution >= 4 is 17.5 Å². The Balaban J connectivity index is 1.25. The summed E-state index contributed by atoms with van der Waals surface area (Å²) in [4.78, 5) is 24.0. The van der Waals surface area contributed by atoms with Gasteiger partial charge in [-0.2, -0.15) is 0 Å². The molecule has 0 spiro atoms. The fourth-order valence-corrected chi connectivity index (χ4v) is 4.90. The van der Waals surface area contributed by atoms with Gasteiger partial charge in [-0.1, -0.05) is 31.0 Å². The predicted molar refractivity (Wildman–Crippen MR) is 124 cm³/mol. The summed E-state index contributed by atoms with van der Waals surface area (Å²) < 4.78 is 11.4. The Bertz CT molecular complexity index is 966. The molecule has 170 valence electrons. The number of anilines is 1. The molecule has 2 N–H and O–H groups in total. The number of carbonyl (C=O) groups excluding carboxylic acids is 2. The van der Waals surface area contributed by atoms with Crippen LogP contribution in [-0.2, 0) is 21.4 Å². The van der Waals surface area contributed by atoms with E-state index in [9.17, 15) is 9.59 Å². The highest BCUT2D eigenvalue weighted by Gasteiger charge is 2.37. The molecule has 0 unspecified atom stereocenters. The van der Waals surface area contributed by atoms with Gasteiger partial charge in [0.1, 0.15) is 11.5 Å². The number of nitrogens with one attached hydrogen (secondary N) is 2. The highest BCUT2D eigenvalue weighted by atomic mass is 16.5. The molecule has 4 rings (SSSR count). The predicted octanol–water partition coefficient (Wildman–Crippen LogP) is 4.37. The maximum Gasteiger partial charge on any atom is 0.224 e. The van der Waals surface area contributed by atoms with E-state index in [1.165, 1.54) is 18.4 Å². The third-order valence-corrected chi connectivity index (χ3v) is 6.65. The number of ether oxygens (including phenoxy) is 2. The zero-order valence-corrected chi connectivity index (χ0v) is 18.7. The fraction of sp³-hybridized carbons (Fsp3) is 0.462. The van der Waals surface area contributed by atoms with Crippen molar-refractivity contribution < 1.29 is 19.1 Å². The third-order valence-electron chi connectivity index (χ3n) is 6.65. The molecule has 2 amide bonds. The molecule has 6 heteroatoms. The Labute approximate surface area is 189 Å². The molecule has 2 aromatic carbocycles. The van der Waals surface area contributed by atoms with Gasteiger partial charge in [0.2, 0.25) is 11.8 Å². The molecule has 2 aromatic rings. The number of amides is 2. The summed E-state index contributed by atoms with van der Waals surface area (Å²) in [5.41, 5.74) is 3.12. The summed E-state index contributed by atoms with van der Waals surface area (Å²) in [7, 11) is 1.71. The Kier molecular flexibility index (Phi) is 6.98. The van der Waals surface area contributed by atoms with Crippen LogP contribution in [0, 0.1) is 0 Å². The summed E-state index contributed by atoms with van der Waals surface area (Å²) >= 11 is 0. The first kappa shape index (κ1) is 22.2. The average molecular weight is 437 g/mol. The summed E-state index contributed by atoms with van der Waals surface area (Å²) in [5, 5.41) is 6.04. The Morgan fingerprint density at radius 1 is 1.12 bits per heavy atom. The van der Waals surface area contributed by atoms with Gasteiger partial charge in [-0.15, -0.1) is 0 Å². The number of para-hydroxylation sites is 1. The lowest BCUT2D eigenvalue weighted by Gasteiger charge is -2.31. The molecular weight excluding hydrogens is 404 g/mol. The molecule has 1 fully saturated rings. The number of benzene rings is 2. The van der Waals surface area contributed by atoms with Gasteiger partial charge in [0, 0.05) is 36.1 Å². The molecule has 0 aromatic heterocycles. The normalized spacial score (nSPS) is 16.7. The molecule has 1 saturated carbocycles. The van der Waals surface area contributed by atoms with Crippen LogP contribution in [0.25, 0.3) is 0 Å². The van der Waals surface area contributed by atoms with Crippen molar-refractivity contribution in [2.45, 2.75) is 56.8 Å². The molecule has 0 saturated heterocycles. The molecule has 1 heterocycles. The van der Waals surface area contributed by atoms with Gasteiger partial charge in [0.15, 0.2) is 0 Å². The molecule has 0 atom stereocenters. The molecule has 1 aliphatic heterocycles. The van der Waals surface area contributed by atoms with Crippen molar-refractivity contribution in [1.82, 2.24) is 5.32 Å². The van der Waals surface area contributed by atoms with E-state index < -0.39 is 0 Å². The Morgan fingerprint density at radius 2 is 1.94 bits per heavy atom. The zero-order valence-electron chi connectivity index (χ0n) is 18.7. The van der Waals surface area contributed by atoms with E-state index >= 15 is 0 Å². The van der Waals surface area contributed by atoms with Crippen LogP contribution in [0.3, 0.4) is 0 Å². The largest absolute Gasteiger partial charge is 0.496 e. The van der Waals surface area contributed by atoms with Crippen LogP contribution in [0.1, 0.15) is 56.1 Å². The van der Waals surface area contributed by atoms with E-state index in [0.717, 1.165) is 42.0 Å². The van der Waals surface area contributed by atoms with Crippen molar-refractivity contribution in [3.05, 3.63) is 53.6 Å². The summed E-state index contributed by atoms with van der Waals surface area (Å²) in [5.74, 6) is 1.80. The van der Waals surface area contributed by atoms with Gasteiger partial charge in [-0.25, -0.2) is 0 Å². The molecule has 1 aliphatic carbocycles. The van der Waals surface area contributed by atoms with Crippen molar-refractivity contribution in [2.24, 2.45) is 0 Å². The minimum Gasteiger partial charge on any atom is -0.496 e. The van der Waals surface area contributed by atoms with E-state index in [1.807, 2.05) is 36.4 Å². The van der Waals surface area contributed by atoms with Crippen LogP contribution < -0.4 is 20.1 Å². The van der Waals surface area contributed by atoms with Gasteiger partial charge in [0.25, 0.3) is 0 Å². The molecule has 0 radical (unpaired) electrons. The average Bonchev–Trinajstić information content (AvgIpc) is 3.30. The minimum atomic E-state index is -0.0443. The van der Waals surface area contributed by atoms with E-state index in [1.54, 1.807) is 7.11 Å². The molecule has 0 bridgehead atoms. The molecule has 2 aliphatic rings. The van der Waals surface area contributed by atoms with Crippen molar-refractivity contribution in [3.63, 3.8) is 0 Å². The lowest BCUT2D eigenvalue weighted by atomic mass is 9.78. The first-order valence-electron chi connectivity index (χ1n) is 11.6. The standard InChI is InChI=1S/C26H32N2O4/c1-31-23-8-3-2-7-21(23)26(14-4-5-15-26)18-27-24(29)9-6-16-32-20-11-12-22-19(17-20)10-13-25(30)28-22/h2-3,7-8,11-12,17H,4-6,9-10,13-16,18H2,1H3,(H,27,29)(H,28,30). The van der Waals surface area contributed by atoms with Crippen LogP contribution in [0.15, 0.2) is 42.5 Å². The van der Waals surface area contributed by atoms with Crippen molar-refractivity contribution in [1.29, 1.82) is 0 Å². The highest BCUT2D eigenvalue weighted by molar-refractivity contribution is 5.94. The van der Waals surface area contributed by atoms with Crippen LogP contribution in [-0.4, -0.2) is 32.1 Å². The molecule has 32 heavy (non-hydrogen) atoms. The lowest BCUT2D eigenvalue weighted by molar-refractivity contribution is -0.121. The summed E-state index contributed by atoms with van der Waals surface area (Å²) in [6.07, 6.45) is 6.80. The first-order chi connectivity index (χ1) is 15.6. The lowest BCUT2D eigenvalue weighted by Crippen LogP contribution is -2.39. The van der Waals surface area contributed by atoms with Gasteiger partial charge in [-0.05, 0) is 55.5 Å². The van der Waals surface area contributed by atoms with Crippen LogP contribution in [0.4, 0.5) is 5.69 Å². The maximum atomic E-state index is 12.5. The van der Waals surface area contributed by atoms with Gasteiger partial charge in [-0.3, -0.25) is 9.59 Å². The van der Waals surface area contributed by atoms with Gasteiger partial charge < -0.3 is 20.1 Å². The van der Waals surface area contributed by atoms with Crippen LogP contribution in [0.5, 0.6) is 11.5 Å². The number of rotatable bonds is 9. The van der Waals surface area contributed by atoms with E-state index in [4.69, 9.17) is 9.47 Å². The quantitative estimate of drug-likeness (QED) is 0.573. The maximum absolute atomic E-state index is 12.5. The molecule has 6 nitrogen and oxygen atoms in total. The van der Waals surface area contributed by atoms with Gasteiger partial charge >= 0.3 is 0 Å². The minimum absolute atomic E-state index is 0.0443. The molecular formula is C26H32N2O4. The summed E-state index contributed by atoms with van der Waals surface area (Å²) in [6, 6.07) is 13.9.